The van der Waals surface area contributed by atoms with Crippen molar-refractivity contribution in [2.24, 2.45) is 10.8 Å². The molecular formula is C19H36O4. The van der Waals surface area contributed by atoms with Crippen LogP contribution >= 0.6 is 0 Å². The zero-order chi connectivity index (χ0) is 17.9. The molecule has 0 aliphatic rings. The summed E-state index contributed by atoms with van der Waals surface area (Å²) in [5.74, 6) is -2.28. The summed E-state index contributed by atoms with van der Waals surface area (Å²) in [6.07, 6.45) is 8.27. The Bertz CT molecular complexity index is 340. The molecule has 0 bridgehead atoms. The molecule has 0 amide bonds. The highest BCUT2D eigenvalue weighted by Gasteiger charge is 2.60. The van der Waals surface area contributed by atoms with E-state index in [2.05, 4.69) is 13.8 Å². The number of carboxylic acid groups (broad SMARTS) is 2. The van der Waals surface area contributed by atoms with E-state index in [0.29, 0.717) is 25.7 Å². The summed E-state index contributed by atoms with van der Waals surface area (Å²) in [4.78, 5) is 24.5. The van der Waals surface area contributed by atoms with Crippen molar-refractivity contribution in [1.29, 1.82) is 0 Å². The predicted molar refractivity (Wildman–Crippen MR) is 93.6 cm³/mol. The van der Waals surface area contributed by atoms with Crippen LogP contribution < -0.4 is 0 Å². The fourth-order valence-electron chi connectivity index (χ4n) is 3.99. The Morgan fingerprint density at radius 3 is 1.35 bits per heavy atom. The van der Waals surface area contributed by atoms with Gasteiger partial charge in [-0.2, -0.15) is 0 Å². The summed E-state index contributed by atoms with van der Waals surface area (Å²) in [5, 5.41) is 20.0. The van der Waals surface area contributed by atoms with Crippen molar-refractivity contribution < 1.29 is 19.8 Å². The third-order valence-corrected chi connectivity index (χ3v) is 5.29. The van der Waals surface area contributed by atoms with Crippen molar-refractivity contribution in [1.82, 2.24) is 0 Å². The molecule has 4 heteroatoms. The predicted octanol–water partition coefficient (Wildman–Crippen LogP) is 5.50. The molecule has 0 aliphatic heterocycles. The lowest BCUT2D eigenvalue weighted by molar-refractivity contribution is -0.180. The van der Waals surface area contributed by atoms with Crippen LogP contribution in [0.3, 0.4) is 0 Å². The van der Waals surface area contributed by atoms with Gasteiger partial charge in [0.1, 0.15) is 0 Å². The molecule has 0 atom stereocenters. The standard InChI is InChI=1S/C19H36O4/c1-5-9-13-18(12-8-4,14-10-6-2)19(16(20)21,17(22)23)15-11-7-3/h5-15H2,1-4H3,(H,20,21)(H,22,23). The first-order valence-electron chi connectivity index (χ1n) is 9.35. The zero-order valence-corrected chi connectivity index (χ0v) is 15.5. The van der Waals surface area contributed by atoms with E-state index >= 15 is 0 Å². The first-order valence-corrected chi connectivity index (χ1v) is 9.35. The van der Waals surface area contributed by atoms with Crippen molar-refractivity contribution in [2.45, 2.75) is 98.3 Å². The molecule has 0 saturated carbocycles. The van der Waals surface area contributed by atoms with E-state index in [0.717, 1.165) is 38.5 Å². The molecule has 0 saturated heterocycles. The maximum atomic E-state index is 12.2. The maximum Gasteiger partial charge on any atom is 0.321 e. The third kappa shape index (κ3) is 4.95. The van der Waals surface area contributed by atoms with E-state index < -0.39 is 22.8 Å². The summed E-state index contributed by atoms with van der Waals surface area (Å²) in [5.41, 5.74) is -2.29. The van der Waals surface area contributed by atoms with Gasteiger partial charge in [-0.3, -0.25) is 9.59 Å². The third-order valence-electron chi connectivity index (χ3n) is 5.29. The number of carbonyl (C=O) groups is 2. The van der Waals surface area contributed by atoms with Gasteiger partial charge in [-0.15, -0.1) is 0 Å². The van der Waals surface area contributed by atoms with Gasteiger partial charge in [-0.05, 0) is 31.1 Å². The van der Waals surface area contributed by atoms with Crippen molar-refractivity contribution in [3.05, 3.63) is 0 Å². The van der Waals surface area contributed by atoms with Gasteiger partial charge in [0.15, 0.2) is 5.41 Å². The Morgan fingerprint density at radius 2 is 1.04 bits per heavy atom. The molecule has 0 aromatic carbocycles. The lowest BCUT2D eigenvalue weighted by Crippen LogP contribution is -2.53. The second kappa shape index (κ2) is 10.7. The molecule has 0 rings (SSSR count). The van der Waals surface area contributed by atoms with Crippen LogP contribution in [0.5, 0.6) is 0 Å². The summed E-state index contributed by atoms with van der Waals surface area (Å²) < 4.78 is 0. The second-order valence-corrected chi connectivity index (χ2v) is 6.86. The largest absolute Gasteiger partial charge is 0.480 e. The number of carboxylic acids is 2. The monoisotopic (exact) mass is 328 g/mol. The van der Waals surface area contributed by atoms with Crippen LogP contribution in [0.15, 0.2) is 0 Å². The Labute approximate surface area is 141 Å². The number of hydrogen-bond donors (Lipinski definition) is 2. The minimum Gasteiger partial charge on any atom is -0.480 e. The SMILES string of the molecule is CCCCC(CCC)(CCCC)C(CCCC)(C(=O)O)C(=O)O. The highest BCUT2D eigenvalue weighted by molar-refractivity contribution is 5.99. The van der Waals surface area contributed by atoms with E-state index in [1.165, 1.54) is 0 Å². The van der Waals surface area contributed by atoms with E-state index in [9.17, 15) is 19.8 Å². The van der Waals surface area contributed by atoms with Crippen molar-refractivity contribution in [3.8, 4) is 0 Å². The molecule has 4 nitrogen and oxygen atoms in total. The zero-order valence-electron chi connectivity index (χ0n) is 15.5. The van der Waals surface area contributed by atoms with Gasteiger partial charge in [-0.25, -0.2) is 0 Å². The number of unbranched alkanes of at least 4 members (excludes halogenated alkanes) is 3. The molecule has 0 heterocycles. The van der Waals surface area contributed by atoms with Gasteiger partial charge in [0, 0.05) is 0 Å². The van der Waals surface area contributed by atoms with E-state index in [1.54, 1.807) is 0 Å². The molecule has 136 valence electrons. The van der Waals surface area contributed by atoms with Crippen LogP contribution in [0.2, 0.25) is 0 Å². The molecular weight excluding hydrogens is 292 g/mol. The lowest BCUT2D eigenvalue weighted by atomic mass is 9.55. The Balaban J connectivity index is 6.09. The van der Waals surface area contributed by atoms with E-state index in [4.69, 9.17) is 0 Å². The smallest absolute Gasteiger partial charge is 0.321 e. The van der Waals surface area contributed by atoms with Gasteiger partial charge < -0.3 is 10.2 Å². The van der Waals surface area contributed by atoms with E-state index in [-0.39, 0.29) is 6.42 Å². The van der Waals surface area contributed by atoms with Crippen LogP contribution in [-0.4, -0.2) is 22.2 Å². The van der Waals surface area contributed by atoms with Crippen molar-refractivity contribution >= 4 is 11.9 Å². The fourth-order valence-corrected chi connectivity index (χ4v) is 3.99. The topological polar surface area (TPSA) is 74.6 Å². The first-order chi connectivity index (χ1) is 10.9. The van der Waals surface area contributed by atoms with Crippen LogP contribution in [0.1, 0.15) is 98.3 Å². The van der Waals surface area contributed by atoms with Crippen molar-refractivity contribution in [3.63, 3.8) is 0 Å². The lowest BCUT2D eigenvalue weighted by Gasteiger charge is -2.46. The highest BCUT2D eigenvalue weighted by Crippen LogP contribution is 2.54. The highest BCUT2D eigenvalue weighted by atomic mass is 16.4. The average Bonchev–Trinajstić information content (AvgIpc) is 2.50. The minimum absolute atomic E-state index is 0.238. The fraction of sp³-hybridized carbons (Fsp3) is 0.895. The van der Waals surface area contributed by atoms with Crippen LogP contribution in [0.25, 0.3) is 0 Å². The molecule has 0 spiro atoms. The molecule has 0 aliphatic carbocycles. The quantitative estimate of drug-likeness (QED) is 0.413. The summed E-state index contributed by atoms with van der Waals surface area (Å²) in [6, 6.07) is 0. The van der Waals surface area contributed by atoms with Crippen LogP contribution in [-0.2, 0) is 9.59 Å². The van der Waals surface area contributed by atoms with Gasteiger partial charge in [0.05, 0.1) is 0 Å². The maximum absolute atomic E-state index is 12.2. The average molecular weight is 328 g/mol. The van der Waals surface area contributed by atoms with Gasteiger partial charge in [-0.1, -0.05) is 72.6 Å². The molecule has 23 heavy (non-hydrogen) atoms. The molecule has 0 radical (unpaired) electrons. The van der Waals surface area contributed by atoms with Gasteiger partial charge in [0.25, 0.3) is 0 Å². The number of aliphatic carboxylic acids is 2. The second-order valence-electron chi connectivity index (χ2n) is 6.86. The Morgan fingerprint density at radius 1 is 0.652 bits per heavy atom. The van der Waals surface area contributed by atoms with Crippen molar-refractivity contribution in [2.75, 3.05) is 0 Å². The van der Waals surface area contributed by atoms with Gasteiger partial charge in [0.2, 0.25) is 0 Å². The van der Waals surface area contributed by atoms with E-state index in [1.807, 2.05) is 13.8 Å². The normalized spacial score (nSPS) is 12.3. The molecule has 0 fully saturated rings. The van der Waals surface area contributed by atoms with Crippen LogP contribution in [0, 0.1) is 10.8 Å². The summed E-state index contributed by atoms with van der Waals surface area (Å²) in [6.45, 7) is 8.16. The summed E-state index contributed by atoms with van der Waals surface area (Å²) >= 11 is 0. The minimum atomic E-state index is -1.65. The van der Waals surface area contributed by atoms with Crippen LogP contribution in [0.4, 0.5) is 0 Å². The summed E-state index contributed by atoms with van der Waals surface area (Å²) in [7, 11) is 0. The molecule has 0 aromatic heterocycles. The molecule has 2 N–H and O–H groups in total. The Kier molecular flexibility index (Phi) is 10.2. The number of rotatable bonds is 14. The Hall–Kier alpha value is -1.06. The molecule has 0 unspecified atom stereocenters. The molecule has 0 aromatic rings. The number of hydrogen-bond acceptors (Lipinski definition) is 2. The van der Waals surface area contributed by atoms with Gasteiger partial charge >= 0.3 is 11.9 Å². The first kappa shape index (κ1) is 21.9.